The van der Waals surface area contributed by atoms with E-state index in [0.29, 0.717) is 5.69 Å². The van der Waals surface area contributed by atoms with Gasteiger partial charge in [-0.3, -0.25) is 9.78 Å². The van der Waals surface area contributed by atoms with Crippen LogP contribution in [0.15, 0.2) is 17.2 Å². The Labute approximate surface area is 128 Å². The molecule has 1 N–H and O–H groups in total. The highest BCUT2D eigenvalue weighted by molar-refractivity contribution is 7.89. The molecule has 0 amide bonds. The van der Waals surface area contributed by atoms with Crippen molar-refractivity contribution in [1.29, 1.82) is 0 Å². The topological polar surface area (TPSA) is 114 Å². The van der Waals surface area contributed by atoms with Gasteiger partial charge in [0.2, 0.25) is 10.0 Å². The molecular weight excluding hydrogens is 312 g/mol. The number of carbonyl (C=O) groups excluding carboxylic acids is 1. The number of carboxylic acids is 1. The first-order chi connectivity index (χ1) is 10.1. The molecule has 0 saturated heterocycles. The molecular formula is C13H18N2O6S. The molecule has 0 fully saturated rings. The first-order valence-corrected chi connectivity index (χ1v) is 7.83. The molecule has 1 aromatic rings. The van der Waals surface area contributed by atoms with Gasteiger partial charge in [-0.1, -0.05) is 0 Å². The standard InChI is InChI=1S/C13H18N2O6S/c1-8(2)15(7-12(16)17)22(19,20)10-5-11(13(18)21-4)9(3)14-6-10/h5-6,8H,7H2,1-4H3,(H,16,17). The van der Waals surface area contributed by atoms with Crippen molar-refractivity contribution in [3.63, 3.8) is 0 Å². The molecule has 1 heterocycles. The summed E-state index contributed by atoms with van der Waals surface area (Å²) in [6.45, 7) is 3.98. The lowest BCUT2D eigenvalue weighted by Gasteiger charge is -2.24. The lowest BCUT2D eigenvalue weighted by molar-refractivity contribution is -0.137. The summed E-state index contributed by atoms with van der Waals surface area (Å²) >= 11 is 0. The lowest BCUT2D eigenvalue weighted by Crippen LogP contribution is -2.40. The summed E-state index contributed by atoms with van der Waals surface area (Å²) in [6.07, 6.45) is 1.09. The normalized spacial score (nSPS) is 11.7. The van der Waals surface area contributed by atoms with Crippen molar-refractivity contribution in [1.82, 2.24) is 9.29 Å². The van der Waals surface area contributed by atoms with E-state index >= 15 is 0 Å². The number of aliphatic carboxylic acids is 1. The molecule has 0 aromatic carbocycles. The number of hydrogen-bond donors (Lipinski definition) is 1. The van der Waals surface area contributed by atoms with Gasteiger partial charge in [0.1, 0.15) is 11.4 Å². The zero-order valence-corrected chi connectivity index (χ0v) is 13.5. The second-order valence-corrected chi connectivity index (χ2v) is 6.72. The van der Waals surface area contributed by atoms with Crippen LogP contribution in [-0.2, 0) is 19.6 Å². The van der Waals surface area contributed by atoms with E-state index in [1.54, 1.807) is 20.8 Å². The number of aryl methyl sites for hydroxylation is 1. The van der Waals surface area contributed by atoms with Crippen LogP contribution < -0.4 is 0 Å². The minimum atomic E-state index is -4.09. The average molecular weight is 330 g/mol. The first kappa shape index (κ1) is 18.1. The minimum Gasteiger partial charge on any atom is -0.480 e. The molecule has 122 valence electrons. The van der Waals surface area contributed by atoms with Gasteiger partial charge in [0.25, 0.3) is 0 Å². The van der Waals surface area contributed by atoms with E-state index in [0.717, 1.165) is 16.6 Å². The number of aromatic nitrogens is 1. The molecule has 0 unspecified atom stereocenters. The van der Waals surface area contributed by atoms with Crippen molar-refractivity contribution in [3.05, 3.63) is 23.5 Å². The van der Waals surface area contributed by atoms with Gasteiger partial charge < -0.3 is 9.84 Å². The molecule has 0 saturated carbocycles. The van der Waals surface area contributed by atoms with Crippen molar-refractivity contribution in [2.45, 2.75) is 31.7 Å². The second-order valence-electron chi connectivity index (χ2n) is 4.83. The minimum absolute atomic E-state index is 0.0163. The SMILES string of the molecule is COC(=O)c1cc(S(=O)(=O)N(CC(=O)O)C(C)C)cnc1C. The summed E-state index contributed by atoms with van der Waals surface area (Å²) in [7, 11) is -2.92. The Morgan fingerprint density at radius 3 is 2.45 bits per heavy atom. The van der Waals surface area contributed by atoms with E-state index in [9.17, 15) is 18.0 Å². The smallest absolute Gasteiger partial charge is 0.339 e. The Bertz CT molecular complexity index is 684. The molecule has 0 aliphatic rings. The summed E-state index contributed by atoms with van der Waals surface area (Å²) in [5.41, 5.74) is 0.336. The maximum Gasteiger partial charge on any atom is 0.339 e. The number of hydrogen-bond acceptors (Lipinski definition) is 6. The molecule has 0 spiro atoms. The van der Waals surface area contributed by atoms with Crippen molar-refractivity contribution < 1.29 is 27.9 Å². The van der Waals surface area contributed by atoms with Crippen LogP contribution in [0.2, 0.25) is 0 Å². The number of methoxy groups -OCH3 is 1. The summed E-state index contributed by atoms with van der Waals surface area (Å²) in [4.78, 5) is 26.1. The average Bonchev–Trinajstić information content (AvgIpc) is 2.43. The number of carbonyl (C=O) groups is 2. The number of ether oxygens (including phenoxy) is 1. The third kappa shape index (κ3) is 3.80. The third-order valence-electron chi connectivity index (χ3n) is 2.94. The number of sulfonamides is 1. The van der Waals surface area contributed by atoms with E-state index < -0.39 is 34.5 Å². The molecule has 1 aromatic heterocycles. The molecule has 1 rings (SSSR count). The van der Waals surface area contributed by atoms with Gasteiger partial charge in [-0.2, -0.15) is 4.31 Å². The molecule has 0 bridgehead atoms. The Kier molecular flexibility index (Phi) is 5.61. The fraction of sp³-hybridized carbons (Fsp3) is 0.462. The fourth-order valence-corrected chi connectivity index (χ4v) is 3.34. The van der Waals surface area contributed by atoms with Gasteiger partial charge in [-0.25, -0.2) is 13.2 Å². The van der Waals surface area contributed by atoms with Crippen LogP contribution >= 0.6 is 0 Å². The predicted octanol–water partition coefficient (Wildman–Crippen LogP) is 0.660. The Hall–Kier alpha value is -2.00. The van der Waals surface area contributed by atoms with E-state index in [1.807, 2.05) is 0 Å². The van der Waals surface area contributed by atoms with Crippen molar-refractivity contribution in [2.75, 3.05) is 13.7 Å². The Balaban J connectivity index is 3.38. The number of nitrogens with zero attached hydrogens (tertiary/aromatic N) is 2. The highest BCUT2D eigenvalue weighted by Crippen LogP contribution is 2.20. The van der Waals surface area contributed by atoms with Crippen molar-refractivity contribution in [3.8, 4) is 0 Å². The van der Waals surface area contributed by atoms with Crippen LogP contribution in [0.1, 0.15) is 29.9 Å². The Morgan fingerprint density at radius 2 is 2.00 bits per heavy atom. The fourth-order valence-electron chi connectivity index (χ4n) is 1.79. The molecule has 0 aliphatic heterocycles. The van der Waals surface area contributed by atoms with Gasteiger partial charge in [0, 0.05) is 12.2 Å². The molecule has 0 radical (unpaired) electrons. The molecule has 0 atom stereocenters. The zero-order chi connectivity index (χ0) is 17.1. The van der Waals surface area contributed by atoms with E-state index in [2.05, 4.69) is 9.72 Å². The van der Waals surface area contributed by atoms with Crippen LogP contribution in [0.4, 0.5) is 0 Å². The maximum atomic E-state index is 12.6. The van der Waals surface area contributed by atoms with Crippen LogP contribution in [0, 0.1) is 6.92 Å². The third-order valence-corrected chi connectivity index (χ3v) is 4.93. The largest absolute Gasteiger partial charge is 0.480 e. The van der Waals surface area contributed by atoms with Gasteiger partial charge in [0.05, 0.1) is 18.4 Å². The van der Waals surface area contributed by atoms with E-state index in [1.165, 1.54) is 7.11 Å². The lowest BCUT2D eigenvalue weighted by atomic mass is 10.2. The summed E-state index contributed by atoms with van der Waals surface area (Å²) in [5.74, 6) is -1.98. The molecule has 22 heavy (non-hydrogen) atoms. The number of pyridine rings is 1. The molecule has 9 heteroatoms. The Morgan fingerprint density at radius 1 is 1.41 bits per heavy atom. The van der Waals surface area contributed by atoms with Crippen LogP contribution in [0.25, 0.3) is 0 Å². The highest BCUT2D eigenvalue weighted by Gasteiger charge is 2.30. The summed E-state index contributed by atoms with van der Waals surface area (Å²) in [6, 6.07) is 0.574. The van der Waals surface area contributed by atoms with Gasteiger partial charge >= 0.3 is 11.9 Å². The van der Waals surface area contributed by atoms with E-state index in [-0.39, 0.29) is 10.5 Å². The monoisotopic (exact) mass is 330 g/mol. The number of carboxylic acid groups (broad SMARTS) is 1. The number of esters is 1. The van der Waals surface area contributed by atoms with Gasteiger partial charge in [0.15, 0.2) is 0 Å². The van der Waals surface area contributed by atoms with Crippen LogP contribution in [0.3, 0.4) is 0 Å². The van der Waals surface area contributed by atoms with Gasteiger partial charge in [-0.05, 0) is 26.8 Å². The second kappa shape index (κ2) is 6.84. The van der Waals surface area contributed by atoms with Crippen molar-refractivity contribution in [2.24, 2.45) is 0 Å². The first-order valence-electron chi connectivity index (χ1n) is 6.39. The number of rotatable bonds is 6. The predicted molar refractivity (Wildman–Crippen MR) is 77.0 cm³/mol. The summed E-state index contributed by atoms with van der Waals surface area (Å²) in [5, 5.41) is 8.87. The summed E-state index contributed by atoms with van der Waals surface area (Å²) < 4.78 is 30.5. The van der Waals surface area contributed by atoms with E-state index in [4.69, 9.17) is 5.11 Å². The van der Waals surface area contributed by atoms with Crippen LogP contribution in [-0.4, -0.2) is 54.4 Å². The van der Waals surface area contributed by atoms with Gasteiger partial charge in [-0.15, -0.1) is 0 Å². The molecule has 8 nitrogen and oxygen atoms in total. The highest BCUT2D eigenvalue weighted by atomic mass is 32.2. The van der Waals surface area contributed by atoms with Crippen LogP contribution in [0.5, 0.6) is 0 Å². The zero-order valence-electron chi connectivity index (χ0n) is 12.7. The maximum absolute atomic E-state index is 12.6. The molecule has 0 aliphatic carbocycles. The van der Waals surface area contributed by atoms with Crippen molar-refractivity contribution >= 4 is 22.0 Å². The quantitative estimate of drug-likeness (QED) is 0.762.